The average molecular weight is 287 g/mol. The predicted molar refractivity (Wildman–Crippen MR) is 69.7 cm³/mol. The Balaban J connectivity index is 2.23. The molecular weight excluding hydrogens is 269 g/mol. The van der Waals surface area contributed by atoms with Crippen molar-refractivity contribution in [3.63, 3.8) is 0 Å². The van der Waals surface area contributed by atoms with Crippen molar-refractivity contribution in [1.82, 2.24) is 5.48 Å². The molecule has 0 spiro atoms. The third-order valence-corrected chi connectivity index (χ3v) is 4.81. The minimum Gasteiger partial charge on any atom is -0.301 e. The first kappa shape index (κ1) is 14.4. The quantitative estimate of drug-likeness (QED) is 0.681. The van der Waals surface area contributed by atoms with Gasteiger partial charge in [0.25, 0.3) is 0 Å². The summed E-state index contributed by atoms with van der Waals surface area (Å²) in [5.74, 6) is -0.0211. The van der Waals surface area contributed by atoms with E-state index >= 15 is 0 Å². The van der Waals surface area contributed by atoms with Crippen molar-refractivity contribution in [3.8, 4) is 0 Å². The lowest BCUT2D eigenvalue weighted by atomic mass is 10.0. The molecule has 0 radical (unpaired) electrons. The van der Waals surface area contributed by atoms with Crippen molar-refractivity contribution < 1.29 is 17.6 Å². The lowest BCUT2D eigenvalue weighted by Gasteiger charge is -2.26. The summed E-state index contributed by atoms with van der Waals surface area (Å²) in [6.45, 7) is 4.55. The van der Waals surface area contributed by atoms with E-state index in [1.54, 1.807) is 0 Å². The Bertz CT molecular complexity index is 557. The van der Waals surface area contributed by atoms with E-state index in [0.717, 1.165) is 0 Å². The van der Waals surface area contributed by atoms with E-state index in [-0.39, 0.29) is 16.7 Å². The maximum atomic E-state index is 13.3. The first-order valence-corrected chi connectivity index (χ1v) is 7.95. The molecule has 1 heterocycles. The van der Waals surface area contributed by atoms with E-state index < -0.39 is 15.7 Å². The summed E-state index contributed by atoms with van der Waals surface area (Å²) in [6.07, 6.45) is 0.386. The van der Waals surface area contributed by atoms with Gasteiger partial charge >= 0.3 is 0 Å². The van der Waals surface area contributed by atoms with Gasteiger partial charge in [-0.2, -0.15) is 5.48 Å². The van der Waals surface area contributed by atoms with Crippen LogP contribution in [-0.4, -0.2) is 20.8 Å². The first-order valence-electron chi connectivity index (χ1n) is 6.29. The summed E-state index contributed by atoms with van der Waals surface area (Å²) in [4.78, 5) is 5.53. The molecule has 1 aliphatic rings. The number of halogens is 1. The van der Waals surface area contributed by atoms with Crippen molar-refractivity contribution in [3.05, 3.63) is 29.6 Å². The fourth-order valence-electron chi connectivity index (χ4n) is 2.05. The van der Waals surface area contributed by atoms with Gasteiger partial charge in [-0.3, -0.25) is 0 Å². The van der Waals surface area contributed by atoms with Crippen LogP contribution in [-0.2, 0) is 14.7 Å². The van der Waals surface area contributed by atoms with Crippen LogP contribution in [0.15, 0.2) is 23.1 Å². The lowest BCUT2D eigenvalue weighted by Crippen LogP contribution is -2.31. The third kappa shape index (κ3) is 3.32. The van der Waals surface area contributed by atoms with E-state index in [2.05, 4.69) is 5.48 Å². The standard InChI is InChI=1S/C13H18FNO3S/c1-9(2)8-18-15-12-5-6-19(16,17)13-4-3-10(14)7-11(12)13/h3-4,7,9,12,15H,5-6,8H2,1-2H3. The van der Waals surface area contributed by atoms with Gasteiger partial charge in [0.2, 0.25) is 0 Å². The molecule has 4 nitrogen and oxygen atoms in total. The SMILES string of the molecule is CC(C)CONC1CCS(=O)(=O)c2ccc(F)cc21. The van der Waals surface area contributed by atoms with E-state index in [1.807, 2.05) is 13.8 Å². The van der Waals surface area contributed by atoms with Crippen LogP contribution < -0.4 is 5.48 Å². The molecule has 1 aliphatic heterocycles. The first-order chi connectivity index (χ1) is 8.90. The summed E-state index contributed by atoms with van der Waals surface area (Å²) in [7, 11) is -3.30. The highest BCUT2D eigenvalue weighted by Gasteiger charge is 2.30. The molecule has 2 rings (SSSR count). The fraction of sp³-hybridized carbons (Fsp3) is 0.538. The molecule has 1 aromatic carbocycles. The number of rotatable bonds is 4. The van der Waals surface area contributed by atoms with Gasteiger partial charge in [0.1, 0.15) is 5.82 Å². The topological polar surface area (TPSA) is 55.4 Å². The van der Waals surface area contributed by atoms with Crippen LogP contribution in [0.25, 0.3) is 0 Å². The Hall–Kier alpha value is -0.980. The Labute approximate surface area is 112 Å². The van der Waals surface area contributed by atoms with Gasteiger partial charge in [-0.1, -0.05) is 13.8 Å². The molecule has 0 aliphatic carbocycles. The zero-order valence-electron chi connectivity index (χ0n) is 11.0. The van der Waals surface area contributed by atoms with Gasteiger partial charge in [0, 0.05) is 0 Å². The molecular formula is C13H18FNO3S. The van der Waals surface area contributed by atoms with Crippen LogP contribution >= 0.6 is 0 Å². The van der Waals surface area contributed by atoms with Gasteiger partial charge in [-0.15, -0.1) is 0 Å². The number of hydroxylamine groups is 1. The van der Waals surface area contributed by atoms with Crippen LogP contribution in [0.3, 0.4) is 0 Å². The van der Waals surface area contributed by atoms with Crippen LogP contribution in [0.5, 0.6) is 0 Å². The monoisotopic (exact) mass is 287 g/mol. The Morgan fingerprint density at radius 2 is 2.21 bits per heavy atom. The van der Waals surface area contributed by atoms with Gasteiger partial charge in [-0.25, -0.2) is 12.8 Å². The maximum absolute atomic E-state index is 13.3. The molecule has 1 unspecified atom stereocenters. The normalized spacial score (nSPS) is 21.4. The number of sulfone groups is 1. The molecule has 0 bridgehead atoms. The predicted octanol–water partition coefficient (Wildman–Crippen LogP) is 2.22. The molecule has 1 aromatic rings. The van der Waals surface area contributed by atoms with Gasteiger partial charge < -0.3 is 4.84 Å². The van der Waals surface area contributed by atoms with E-state index in [1.165, 1.54) is 18.2 Å². The molecule has 6 heteroatoms. The largest absolute Gasteiger partial charge is 0.301 e. The summed E-state index contributed by atoms with van der Waals surface area (Å²) >= 11 is 0. The fourth-order valence-corrected chi connectivity index (χ4v) is 3.65. The van der Waals surface area contributed by atoms with Crippen LogP contribution in [0.1, 0.15) is 31.9 Å². The zero-order chi connectivity index (χ0) is 14.0. The van der Waals surface area contributed by atoms with E-state index in [4.69, 9.17) is 4.84 Å². The molecule has 1 N–H and O–H groups in total. The minimum atomic E-state index is -3.30. The minimum absolute atomic E-state index is 0.0499. The van der Waals surface area contributed by atoms with Crippen molar-refractivity contribution in [2.45, 2.75) is 31.2 Å². The molecule has 19 heavy (non-hydrogen) atoms. The Morgan fingerprint density at radius 3 is 2.89 bits per heavy atom. The molecule has 0 fully saturated rings. The maximum Gasteiger partial charge on any atom is 0.178 e. The zero-order valence-corrected chi connectivity index (χ0v) is 11.8. The molecule has 0 saturated heterocycles. The third-order valence-electron chi connectivity index (χ3n) is 3.00. The summed E-state index contributed by atoms with van der Waals surface area (Å²) in [5, 5.41) is 0. The Morgan fingerprint density at radius 1 is 1.47 bits per heavy atom. The summed E-state index contributed by atoms with van der Waals surface area (Å²) < 4.78 is 37.1. The van der Waals surface area contributed by atoms with Crippen molar-refractivity contribution in [1.29, 1.82) is 0 Å². The second kappa shape index (κ2) is 5.56. The highest BCUT2D eigenvalue weighted by atomic mass is 32.2. The number of nitrogens with one attached hydrogen (secondary N) is 1. The number of benzene rings is 1. The van der Waals surface area contributed by atoms with Crippen molar-refractivity contribution in [2.75, 3.05) is 12.4 Å². The highest BCUT2D eigenvalue weighted by Crippen LogP contribution is 2.32. The van der Waals surface area contributed by atoms with E-state index in [0.29, 0.717) is 24.5 Å². The highest BCUT2D eigenvalue weighted by molar-refractivity contribution is 7.91. The Kier molecular flexibility index (Phi) is 4.23. The van der Waals surface area contributed by atoms with Gasteiger partial charge in [-0.05, 0) is 36.1 Å². The van der Waals surface area contributed by atoms with Crippen molar-refractivity contribution >= 4 is 9.84 Å². The second-order valence-electron chi connectivity index (χ2n) is 5.16. The smallest absolute Gasteiger partial charge is 0.178 e. The molecule has 106 valence electrons. The van der Waals surface area contributed by atoms with E-state index in [9.17, 15) is 12.8 Å². The number of hydrogen-bond acceptors (Lipinski definition) is 4. The average Bonchev–Trinajstić information content (AvgIpc) is 2.31. The molecule has 0 saturated carbocycles. The van der Waals surface area contributed by atoms with Crippen LogP contribution in [0.4, 0.5) is 4.39 Å². The van der Waals surface area contributed by atoms with Crippen molar-refractivity contribution in [2.24, 2.45) is 5.92 Å². The summed E-state index contributed by atoms with van der Waals surface area (Å²) in [6, 6.07) is 3.49. The van der Waals surface area contributed by atoms with Crippen LogP contribution in [0, 0.1) is 11.7 Å². The second-order valence-corrected chi connectivity index (χ2v) is 7.24. The number of fused-ring (bicyclic) bond motifs is 1. The van der Waals surface area contributed by atoms with Gasteiger partial charge in [0.15, 0.2) is 9.84 Å². The van der Waals surface area contributed by atoms with Gasteiger partial charge in [0.05, 0.1) is 23.3 Å². The van der Waals surface area contributed by atoms with Crippen LogP contribution in [0.2, 0.25) is 0 Å². The molecule has 0 aromatic heterocycles. The lowest BCUT2D eigenvalue weighted by molar-refractivity contribution is -0.00149. The molecule has 1 atom stereocenters. The summed E-state index contributed by atoms with van der Waals surface area (Å²) in [5.41, 5.74) is 3.30. The molecule has 0 amide bonds. The number of hydrogen-bond donors (Lipinski definition) is 1.